The van der Waals surface area contributed by atoms with Crippen LogP contribution in [0.5, 0.6) is 11.5 Å². The molecule has 2 aromatic rings. The van der Waals surface area contributed by atoms with E-state index in [0.717, 1.165) is 5.56 Å². The van der Waals surface area contributed by atoms with Crippen molar-refractivity contribution in [1.82, 2.24) is 4.31 Å². The van der Waals surface area contributed by atoms with Gasteiger partial charge in [0.2, 0.25) is 15.9 Å². The van der Waals surface area contributed by atoms with E-state index in [1.165, 1.54) is 30.7 Å². The smallest absolute Gasteiger partial charge is 0.243 e. The summed E-state index contributed by atoms with van der Waals surface area (Å²) in [6, 6.07) is 13.6. The number of sulfonamides is 1. The molecule has 0 aliphatic carbocycles. The van der Waals surface area contributed by atoms with Crippen molar-refractivity contribution >= 4 is 21.6 Å². The van der Waals surface area contributed by atoms with Crippen molar-refractivity contribution in [3.63, 3.8) is 0 Å². The molecular weight excluding hydrogens is 418 g/mol. The highest BCUT2D eigenvalue weighted by Crippen LogP contribution is 2.32. The van der Waals surface area contributed by atoms with Crippen LogP contribution in [0.15, 0.2) is 47.4 Å². The van der Waals surface area contributed by atoms with Crippen LogP contribution in [0, 0.1) is 17.2 Å². The Labute approximate surface area is 182 Å². The lowest BCUT2D eigenvalue weighted by molar-refractivity contribution is -0.120. The summed E-state index contributed by atoms with van der Waals surface area (Å²) < 4.78 is 38.0. The molecule has 9 heteroatoms. The van der Waals surface area contributed by atoms with E-state index < -0.39 is 15.9 Å². The fraction of sp³-hybridized carbons (Fsp3) is 0.364. The number of nitriles is 1. The molecule has 164 valence electrons. The zero-order valence-electron chi connectivity index (χ0n) is 17.5. The number of ether oxygens (including phenoxy) is 2. The fourth-order valence-electron chi connectivity index (χ4n) is 3.54. The van der Waals surface area contributed by atoms with E-state index in [1.54, 1.807) is 30.3 Å². The number of hydrogen-bond donors (Lipinski definition) is 1. The van der Waals surface area contributed by atoms with Crippen LogP contribution in [0.1, 0.15) is 18.4 Å². The van der Waals surface area contributed by atoms with Crippen LogP contribution in [0.4, 0.5) is 5.69 Å². The Balaban J connectivity index is 1.72. The second-order valence-corrected chi connectivity index (χ2v) is 9.18. The molecule has 31 heavy (non-hydrogen) atoms. The number of methoxy groups -OCH3 is 2. The molecule has 0 aromatic heterocycles. The van der Waals surface area contributed by atoms with Crippen molar-refractivity contribution in [2.24, 2.45) is 5.92 Å². The first-order valence-electron chi connectivity index (χ1n) is 9.88. The monoisotopic (exact) mass is 443 g/mol. The van der Waals surface area contributed by atoms with Gasteiger partial charge in [-0.3, -0.25) is 4.79 Å². The molecule has 1 aliphatic rings. The molecule has 3 rings (SSSR count). The zero-order chi connectivity index (χ0) is 22.4. The van der Waals surface area contributed by atoms with E-state index in [9.17, 15) is 13.2 Å². The maximum atomic E-state index is 13.2. The van der Waals surface area contributed by atoms with Gasteiger partial charge in [-0.05, 0) is 42.7 Å². The summed E-state index contributed by atoms with van der Waals surface area (Å²) in [6.45, 7) is 0.457. The van der Waals surface area contributed by atoms with Gasteiger partial charge in [0.25, 0.3) is 0 Å². The number of carbonyl (C=O) groups is 1. The summed E-state index contributed by atoms with van der Waals surface area (Å²) in [6.07, 6.45) is 1.50. The summed E-state index contributed by atoms with van der Waals surface area (Å²) in [7, 11) is -0.854. The van der Waals surface area contributed by atoms with E-state index in [4.69, 9.17) is 14.7 Å². The van der Waals surface area contributed by atoms with Gasteiger partial charge in [0.15, 0.2) is 11.5 Å². The van der Waals surface area contributed by atoms with Crippen molar-refractivity contribution < 1.29 is 22.7 Å². The predicted molar refractivity (Wildman–Crippen MR) is 115 cm³/mol. The molecule has 1 saturated heterocycles. The van der Waals surface area contributed by atoms with Gasteiger partial charge < -0.3 is 14.8 Å². The Morgan fingerprint density at radius 1 is 1.16 bits per heavy atom. The van der Waals surface area contributed by atoms with E-state index in [0.29, 0.717) is 43.0 Å². The van der Waals surface area contributed by atoms with Crippen LogP contribution in [0.2, 0.25) is 0 Å². The summed E-state index contributed by atoms with van der Waals surface area (Å²) in [4.78, 5) is 12.8. The Bertz CT molecular complexity index is 1080. The minimum absolute atomic E-state index is 0.0966. The molecule has 1 amide bonds. The van der Waals surface area contributed by atoms with Crippen LogP contribution in [0.3, 0.4) is 0 Å². The highest BCUT2D eigenvalue weighted by atomic mass is 32.2. The van der Waals surface area contributed by atoms with Crippen molar-refractivity contribution in [2.75, 3.05) is 32.6 Å². The minimum Gasteiger partial charge on any atom is -0.493 e. The van der Waals surface area contributed by atoms with Crippen molar-refractivity contribution in [1.29, 1.82) is 5.26 Å². The third kappa shape index (κ3) is 5.16. The fourth-order valence-corrected chi connectivity index (χ4v) is 5.08. The Kier molecular flexibility index (Phi) is 7.15. The van der Waals surface area contributed by atoms with Crippen LogP contribution >= 0.6 is 0 Å². The van der Waals surface area contributed by atoms with Gasteiger partial charge in [0.05, 0.1) is 37.5 Å². The first kappa shape index (κ1) is 22.6. The van der Waals surface area contributed by atoms with Crippen LogP contribution in [-0.2, 0) is 21.2 Å². The van der Waals surface area contributed by atoms with E-state index in [-0.39, 0.29) is 17.3 Å². The first-order valence-corrected chi connectivity index (χ1v) is 11.3. The highest BCUT2D eigenvalue weighted by molar-refractivity contribution is 7.89. The molecule has 1 aliphatic heterocycles. The standard InChI is InChI=1S/C22H25N3O5S/c1-29-20-10-9-19(14-21(20)30-2)31(27,28)25-13-3-4-17(15-25)22(26)24-18-7-5-16(6-8-18)11-12-23/h5-10,14,17H,3-4,11,13,15H2,1-2H3,(H,24,26)/t17-/m0/s1. The lowest BCUT2D eigenvalue weighted by atomic mass is 9.98. The first-order chi connectivity index (χ1) is 14.9. The third-order valence-electron chi connectivity index (χ3n) is 5.25. The average molecular weight is 444 g/mol. The largest absolute Gasteiger partial charge is 0.493 e. The number of piperidine rings is 1. The molecule has 1 heterocycles. The number of rotatable bonds is 7. The molecular formula is C22H25N3O5S. The Morgan fingerprint density at radius 2 is 1.87 bits per heavy atom. The SMILES string of the molecule is COc1ccc(S(=O)(=O)N2CCC[C@H](C(=O)Nc3ccc(CC#N)cc3)C2)cc1OC. The molecule has 0 bridgehead atoms. The minimum atomic E-state index is -3.78. The van der Waals surface area contributed by atoms with Crippen molar-refractivity contribution in [2.45, 2.75) is 24.2 Å². The van der Waals surface area contributed by atoms with Crippen LogP contribution in [0.25, 0.3) is 0 Å². The quantitative estimate of drug-likeness (QED) is 0.705. The number of hydrogen-bond acceptors (Lipinski definition) is 6. The summed E-state index contributed by atoms with van der Waals surface area (Å²) >= 11 is 0. The normalized spacial score (nSPS) is 16.9. The van der Waals surface area contributed by atoms with Crippen LogP contribution in [-0.4, -0.2) is 45.9 Å². The van der Waals surface area contributed by atoms with E-state index in [2.05, 4.69) is 11.4 Å². The summed E-state index contributed by atoms with van der Waals surface area (Å²) in [5.41, 5.74) is 1.48. The molecule has 0 spiro atoms. The number of benzene rings is 2. The number of anilines is 1. The number of amides is 1. The molecule has 0 unspecified atom stereocenters. The molecule has 2 aromatic carbocycles. The Morgan fingerprint density at radius 3 is 2.52 bits per heavy atom. The molecule has 1 atom stereocenters. The Hall–Kier alpha value is -3.09. The summed E-state index contributed by atoms with van der Waals surface area (Å²) in [5.74, 6) is 0.0931. The number of carbonyl (C=O) groups excluding carboxylic acids is 1. The van der Waals surface area contributed by atoms with E-state index >= 15 is 0 Å². The second kappa shape index (κ2) is 9.81. The predicted octanol–water partition coefficient (Wildman–Crippen LogP) is 2.81. The number of nitrogens with one attached hydrogen (secondary N) is 1. The average Bonchev–Trinajstić information content (AvgIpc) is 2.80. The van der Waals surface area contributed by atoms with Crippen molar-refractivity contribution in [3.05, 3.63) is 48.0 Å². The van der Waals surface area contributed by atoms with Gasteiger partial charge in [-0.1, -0.05) is 12.1 Å². The zero-order valence-corrected chi connectivity index (χ0v) is 18.3. The second-order valence-electron chi connectivity index (χ2n) is 7.24. The highest BCUT2D eigenvalue weighted by Gasteiger charge is 2.33. The molecule has 8 nitrogen and oxygen atoms in total. The van der Waals surface area contributed by atoms with Gasteiger partial charge >= 0.3 is 0 Å². The van der Waals surface area contributed by atoms with Gasteiger partial charge in [-0.2, -0.15) is 9.57 Å². The number of nitrogens with zero attached hydrogens (tertiary/aromatic N) is 2. The molecule has 1 fully saturated rings. The topological polar surface area (TPSA) is 109 Å². The maximum absolute atomic E-state index is 13.2. The lowest BCUT2D eigenvalue weighted by Crippen LogP contribution is -2.43. The van der Waals surface area contributed by atoms with Crippen LogP contribution < -0.4 is 14.8 Å². The third-order valence-corrected chi connectivity index (χ3v) is 7.11. The molecule has 1 N–H and O–H groups in total. The maximum Gasteiger partial charge on any atom is 0.243 e. The van der Waals surface area contributed by atoms with Gasteiger partial charge in [-0.15, -0.1) is 0 Å². The van der Waals surface area contributed by atoms with Gasteiger partial charge in [-0.25, -0.2) is 8.42 Å². The van der Waals surface area contributed by atoms with Gasteiger partial charge in [0, 0.05) is 24.8 Å². The van der Waals surface area contributed by atoms with Crippen molar-refractivity contribution in [3.8, 4) is 17.6 Å². The van der Waals surface area contributed by atoms with E-state index in [1.807, 2.05) is 0 Å². The lowest BCUT2D eigenvalue weighted by Gasteiger charge is -2.31. The summed E-state index contributed by atoms with van der Waals surface area (Å²) in [5, 5.41) is 11.6. The molecule has 0 saturated carbocycles. The molecule has 0 radical (unpaired) electrons. The van der Waals surface area contributed by atoms with Gasteiger partial charge in [0.1, 0.15) is 0 Å².